The van der Waals surface area contributed by atoms with E-state index < -0.39 is 30.0 Å². The van der Waals surface area contributed by atoms with Gasteiger partial charge in [0.1, 0.15) is 4.90 Å². The number of hydrogen-bond donors (Lipinski definition) is 3. The first-order chi connectivity index (χ1) is 7.46. The Balaban J connectivity index is 3.93. The van der Waals surface area contributed by atoms with Crippen LogP contribution < -0.4 is 5.73 Å². The second kappa shape index (κ2) is 3.95. The van der Waals surface area contributed by atoms with E-state index in [-0.39, 0.29) is 16.8 Å². The van der Waals surface area contributed by atoms with Crippen molar-refractivity contribution in [2.75, 3.05) is 5.73 Å². The molecule has 0 aliphatic carbocycles. The quantitative estimate of drug-likeness (QED) is 0.526. The van der Waals surface area contributed by atoms with Gasteiger partial charge in [0.15, 0.2) is 0 Å². The normalized spacial score (nSPS) is 12.7. The fourth-order valence-electron chi connectivity index (χ4n) is 1.48. The summed E-state index contributed by atoms with van der Waals surface area (Å²) in [7, 11) is -9.26. The first-order valence-electron chi connectivity index (χ1n) is 4.31. The van der Waals surface area contributed by atoms with E-state index in [0.29, 0.717) is 0 Å². The Bertz CT molecular complexity index is 674. The minimum absolute atomic E-state index is 0.121. The van der Waals surface area contributed by atoms with Crippen LogP contribution in [0.4, 0.5) is 5.69 Å². The van der Waals surface area contributed by atoms with E-state index in [4.69, 9.17) is 14.8 Å². The first kappa shape index (κ1) is 13.9. The molecule has 7 nitrogen and oxygen atoms in total. The summed E-state index contributed by atoms with van der Waals surface area (Å²) in [4.78, 5) is -1.30. The van der Waals surface area contributed by atoms with Crippen LogP contribution >= 0.6 is 0 Å². The SMILES string of the molecule is Cc1cc(S(=O)(=O)O)c(C)c(S(=O)(=O)O)c1N. The van der Waals surface area contributed by atoms with Gasteiger partial charge in [0, 0.05) is 0 Å². The zero-order valence-corrected chi connectivity index (χ0v) is 10.6. The van der Waals surface area contributed by atoms with Crippen molar-refractivity contribution in [2.24, 2.45) is 0 Å². The summed E-state index contributed by atoms with van der Waals surface area (Å²) < 4.78 is 62.2. The number of hydrogen-bond acceptors (Lipinski definition) is 5. The molecule has 0 aromatic heterocycles. The number of anilines is 1. The van der Waals surface area contributed by atoms with Gasteiger partial charge in [-0.15, -0.1) is 0 Å². The van der Waals surface area contributed by atoms with Crippen LogP contribution in [0.3, 0.4) is 0 Å². The molecule has 0 atom stereocenters. The molecule has 0 amide bonds. The summed E-state index contributed by atoms with van der Waals surface area (Å²) in [6, 6.07) is 1.04. The molecule has 0 aliphatic rings. The molecular weight excluding hydrogens is 270 g/mol. The topological polar surface area (TPSA) is 135 Å². The maximum atomic E-state index is 11.1. The van der Waals surface area contributed by atoms with Crippen molar-refractivity contribution in [3.8, 4) is 0 Å². The Hall–Kier alpha value is -1.16. The number of benzene rings is 1. The van der Waals surface area contributed by atoms with E-state index in [0.717, 1.165) is 13.0 Å². The first-order valence-corrected chi connectivity index (χ1v) is 7.19. The van der Waals surface area contributed by atoms with Crippen molar-refractivity contribution in [1.29, 1.82) is 0 Å². The van der Waals surface area contributed by atoms with Gasteiger partial charge < -0.3 is 5.73 Å². The predicted octanol–water partition coefficient (Wildman–Crippen LogP) is 0.379. The highest BCUT2D eigenvalue weighted by molar-refractivity contribution is 7.86. The molecule has 0 radical (unpaired) electrons. The number of aryl methyl sites for hydroxylation is 1. The van der Waals surface area contributed by atoms with Crippen molar-refractivity contribution in [3.63, 3.8) is 0 Å². The zero-order chi connectivity index (χ0) is 13.6. The standard InChI is InChI=1S/C8H11NO6S2/c1-4-3-6(16(10,11)12)5(2)8(7(4)9)17(13,14)15/h3H,9H2,1-2H3,(H,10,11,12)(H,13,14,15). The summed E-state index contributed by atoms with van der Waals surface area (Å²) in [5.74, 6) is 0. The molecule has 4 N–H and O–H groups in total. The molecule has 0 saturated heterocycles. The van der Waals surface area contributed by atoms with E-state index in [1.165, 1.54) is 6.92 Å². The average molecular weight is 281 g/mol. The third-order valence-corrected chi connectivity index (χ3v) is 4.28. The Kier molecular flexibility index (Phi) is 3.23. The van der Waals surface area contributed by atoms with Crippen LogP contribution in [0.2, 0.25) is 0 Å². The molecular formula is C8H11NO6S2. The largest absolute Gasteiger partial charge is 0.397 e. The molecule has 1 aromatic carbocycles. The van der Waals surface area contributed by atoms with E-state index >= 15 is 0 Å². The summed E-state index contributed by atoms with van der Waals surface area (Å²) in [6.07, 6.45) is 0. The highest BCUT2D eigenvalue weighted by Gasteiger charge is 2.25. The molecule has 17 heavy (non-hydrogen) atoms. The van der Waals surface area contributed by atoms with Gasteiger partial charge in [-0.25, -0.2) is 0 Å². The number of nitrogen functional groups attached to an aromatic ring is 1. The van der Waals surface area contributed by atoms with E-state index in [2.05, 4.69) is 0 Å². The van der Waals surface area contributed by atoms with Crippen molar-refractivity contribution in [1.82, 2.24) is 0 Å². The van der Waals surface area contributed by atoms with Gasteiger partial charge in [-0.1, -0.05) is 0 Å². The third kappa shape index (κ3) is 2.57. The average Bonchev–Trinajstić information content (AvgIpc) is 2.07. The highest BCUT2D eigenvalue weighted by Crippen LogP contribution is 2.31. The summed E-state index contributed by atoms with van der Waals surface area (Å²) in [5.41, 5.74) is 5.01. The fourth-order valence-corrected chi connectivity index (χ4v) is 3.29. The fraction of sp³-hybridized carbons (Fsp3) is 0.250. The Morgan fingerprint density at radius 1 is 1.06 bits per heavy atom. The van der Waals surface area contributed by atoms with Crippen LogP contribution in [-0.2, 0) is 20.2 Å². The van der Waals surface area contributed by atoms with Crippen molar-refractivity contribution >= 4 is 25.9 Å². The van der Waals surface area contributed by atoms with E-state index in [1.807, 2.05) is 0 Å². The summed E-state index contributed by atoms with van der Waals surface area (Å²) >= 11 is 0. The smallest absolute Gasteiger partial charge is 0.296 e. The van der Waals surface area contributed by atoms with Gasteiger partial charge in [0.25, 0.3) is 20.2 Å². The molecule has 0 fully saturated rings. The van der Waals surface area contributed by atoms with Crippen LogP contribution in [-0.4, -0.2) is 25.9 Å². The van der Waals surface area contributed by atoms with Gasteiger partial charge in [-0.2, -0.15) is 16.8 Å². The van der Waals surface area contributed by atoms with Gasteiger partial charge in [0.05, 0.1) is 10.6 Å². The zero-order valence-electron chi connectivity index (χ0n) is 9.00. The molecule has 0 aliphatic heterocycles. The third-order valence-electron chi connectivity index (χ3n) is 2.26. The molecule has 0 bridgehead atoms. The second-order valence-corrected chi connectivity index (χ2v) is 6.26. The van der Waals surface area contributed by atoms with Crippen LogP contribution in [0.1, 0.15) is 11.1 Å². The maximum absolute atomic E-state index is 11.1. The lowest BCUT2D eigenvalue weighted by Gasteiger charge is -2.12. The van der Waals surface area contributed by atoms with Gasteiger partial charge >= 0.3 is 0 Å². The molecule has 1 aromatic rings. The lowest BCUT2D eigenvalue weighted by molar-refractivity contribution is 0.480. The van der Waals surface area contributed by atoms with Crippen LogP contribution in [0.15, 0.2) is 15.9 Å². The van der Waals surface area contributed by atoms with Crippen molar-refractivity contribution < 1.29 is 25.9 Å². The lowest BCUT2D eigenvalue weighted by Crippen LogP contribution is -2.12. The van der Waals surface area contributed by atoms with Gasteiger partial charge in [0.2, 0.25) is 0 Å². The van der Waals surface area contributed by atoms with E-state index in [1.54, 1.807) is 0 Å². The molecule has 1 rings (SSSR count). The number of rotatable bonds is 2. The van der Waals surface area contributed by atoms with Crippen LogP contribution in [0, 0.1) is 13.8 Å². The Labute approximate surface area is 98.8 Å². The monoisotopic (exact) mass is 281 g/mol. The molecule has 9 heteroatoms. The lowest BCUT2D eigenvalue weighted by atomic mass is 10.1. The molecule has 0 unspecified atom stereocenters. The summed E-state index contributed by atoms with van der Waals surface area (Å²) in [6.45, 7) is 2.49. The van der Waals surface area contributed by atoms with E-state index in [9.17, 15) is 16.8 Å². The Morgan fingerprint density at radius 3 is 1.88 bits per heavy atom. The van der Waals surface area contributed by atoms with Gasteiger partial charge in [-0.3, -0.25) is 9.11 Å². The second-order valence-electron chi connectivity index (χ2n) is 3.51. The minimum atomic E-state index is -4.67. The van der Waals surface area contributed by atoms with Crippen molar-refractivity contribution in [2.45, 2.75) is 23.6 Å². The minimum Gasteiger partial charge on any atom is -0.397 e. The Morgan fingerprint density at radius 2 is 1.53 bits per heavy atom. The highest BCUT2D eigenvalue weighted by atomic mass is 32.2. The van der Waals surface area contributed by atoms with Gasteiger partial charge in [-0.05, 0) is 31.0 Å². The molecule has 96 valence electrons. The molecule has 0 spiro atoms. The molecule has 0 heterocycles. The van der Waals surface area contributed by atoms with Crippen molar-refractivity contribution in [3.05, 3.63) is 17.2 Å². The predicted molar refractivity (Wildman–Crippen MR) is 60.0 cm³/mol. The van der Waals surface area contributed by atoms with Crippen LogP contribution in [0.25, 0.3) is 0 Å². The van der Waals surface area contributed by atoms with Crippen LogP contribution in [0.5, 0.6) is 0 Å². The molecule has 0 saturated carbocycles. The number of nitrogens with two attached hydrogens (primary N) is 1. The summed E-state index contributed by atoms with van der Waals surface area (Å²) in [5, 5.41) is 0. The maximum Gasteiger partial charge on any atom is 0.296 e.